The van der Waals surface area contributed by atoms with Crippen LogP contribution in [0.2, 0.25) is 0 Å². The van der Waals surface area contributed by atoms with Crippen LogP contribution in [0.5, 0.6) is 0 Å². The molecule has 2 saturated carbocycles. The summed E-state index contributed by atoms with van der Waals surface area (Å²) in [6.07, 6.45) is 9.03. The first-order valence-corrected chi connectivity index (χ1v) is 6.87. The molecule has 1 N–H and O–H groups in total. The van der Waals surface area contributed by atoms with Gasteiger partial charge in [-0.1, -0.05) is 6.42 Å². The van der Waals surface area contributed by atoms with E-state index in [1.165, 1.54) is 44.9 Å². The highest BCUT2D eigenvalue weighted by Crippen LogP contribution is 2.36. The summed E-state index contributed by atoms with van der Waals surface area (Å²) in [5.74, 6) is 1.17. The van der Waals surface area contributed by atoms with Gasteiger partial charge in [0.2, 0.25) is 5.91 Å². The monoisotopic (exact) mass is 222 g/mol. The molecule has 1 aliphatic heterocycles. The van der Waals surface area contributed by atoms with E-state index in [0.29, 0.717) is 24.5 Å². The number of fused-ring (bicyclic) bond motifs is 1. The molecule has 0 radical (unpaired) electrons. The number of piperidine rings is 1. The van der Waals surface area contributed by atoms with E-state index in [0.717, 1.165) is 12.5 Å². The first-order valence-electron chi connectivity index (χ1n) is 6.87. The first-order chi connectivity index (χ1) is 7.84. The van der Waals surface area contributed by atoms with Crippen LogP contribution >= 0.6 is 0 Å². The third-order valence-corrected chi connectivity index (χ3v) is 4.43. The number of carbonyl (C=O) groups excluding carboxylic acids is 1. The van der Waals surface area contributed by atoms with E-state index in [-0.39, 0.29) is 0 Å². The van der Waals surface area contributed by atoms with Crippen molar-refractivity contribution in [3.05, 3.63) is 0 Å². The molecule has 3 rings (SSSR count). The second-order valence-corrected chi connectivity index (χ2v) is 5.64. The van der Waals surface area contributed by atoms with Crippen LogP contribution in [0.4, 0.5) is 0 Å². The predicted octanol–water partition coefficient (Wildman–Crippen LogP) is 1.53. The molecule has 2 aliphatic carbocycles. The Morgan fingerprint density at radius 1 is 1.12 bits per heavy atom. The Hall–Kier alpha value is -0.570. The highest BCUT2D eigenvalue weighted by Gasteiger charge is 2.37. The Labute approximate surface area is 97.6 Å². The highest BCUT2D eigenvalue weighted by atomic mass is 16.2. The Morgan fingerprint density at radius 3 is 2.75 bits per heavy atom. The van der Waals surface area contributed by atoms with Crippen molar-refractivity contribution < 1.29 is 4.79 Å². The molecule has 0 aromatic carbocycles. The van der Waals surface area contributed by atoms with E-state index in [1.807, 2.05) is 0 Å². The molecule has 0 aromatic rings. The van der Waals surface area contributed by atoms with Gasteiger partial charge in [-0.2, -0.15) is 0 Å². The standard InChI is InChI=1S/C13H22N2O/c16-13(9-14-11-6-7-11)15-8-2-4-10-3-1-5-12(10)15/h10-12,14H,1-9H2. The fourth-order valence-electron chi connectivity index (χ4n) is 3.38. The van der Waals surface area contributed by atoms with Gasteiger partial charge in [0.15, 0.2) is 0 Å². The van der Waals surface area contributed by atoms with Gasteiger partial charge < -0.3 is 10.2 Å². The quantitative estimate of drug-likeness (QED) is 0.785. The van der Waals surface area contributed by atoms with Gasteiger partial charge in [0.1, 0.15) is 0 Å². The van der Waals surface area contributed by atoms with Crippen LogP contribution in [0.25, 0.3) is 0 Å². The van der Waals surface area contributed by atoms with E-state index in [9.17, 15) is 4.79 Å². The number of nitrogens with zero attached hydrogens (tertiary/aromatic N) is 1. The van der Waals surface area contributed by atoms with Crippen molar-refractivity contribution in [3.63, 3.8) is 0 Å². The number of nitrogens with one attached hydrogen (secondary N) is 1. The molecule has 1 saturated heterocycles. The van der Waals surface area contributed by atoms with Crippen LogP contribution < -0.4 is 5.32 Å². The number of carbonyl (C=O) groups is 1. The summed E-state index contributed by atoms with van der Waals surface area (Å²) < 4.78 is 0. The Bertz CT molecular complexity index is 275. The van der Waals surface area contributed by atoms with Gasteiger partial charge in [0.25, 0.3) is 0 Å². The third kappa shape index (κ3) is 2.10. The number of amides is 1. The number of hydrogen-bond acceptors (Lipinski definition) is 2. The molecule has 1 amide bonds. The van der Waals surface area contributed by atoms with E-state index in [4.69, 9.17) is 0 Å². The molecular weight excluding hydrogens is 200 g/mol. The van der Waals surface area contributed by atoms with Gasteiger partial charge >= 0.3 is 0 Å². The normalized spacial score (nSPS) is 33.9. The van der Waals surface area contributed by atoms with Gasteiger partial charge in [-0.15, -0.1) is 0 Å². The molecule has 3 heteroatoms. The number of likely N-dealkylation sites (tertiary alicyclic amines) is 1. The summed E-state index contributed by atoms with van der Waals surface area (Å²) in [5, 5.41) is 3.34. The van der Waals surface area contributed by atoms with Gasteiger partial charge in [0.05, 0.1) is 6.54 Å². The minimum Gasteiger partial charge on any atom is -0.338 e. The van der Waals surface area contributed by atoms with E-state index >= 15 is 0 Å². The first kappa shape index (κ1) is 10.6. The molecule has 1 heterocycles. The third-order valence-electron chi connectivity index (χ3n) is 4.43. The zero-order valence-corrected chi connectivity index (χ0v) is 9.95. The van der Waals surface area contributed by atoms with Crippen LogP contribution in [0.1, 0.15) is 44.9 Å². The van der Waals surface area contributed by atoms with Gasteiger partial charge in [-0.25, -0.2) is 0 Å². The summed E-state index contributed by atoms with van der Waals surface area (Å²) in [4.78, 5) is 14.3. The summed E-state index contributed by atoms with van der Waals surface area (Å²) in [5.41, 5.74) is 0. The summed E-state index contributed by atoms with van der Waals surface area (Å²) in [6, 6.07) is 1.23. The van der Waals surface area contributed by atoms with Crippen molar-refractivity contribution in [1.29, 1.82) is 0 Å². The average molecular weight is 222 g/mol. The Morgan fingerprint density at radius 2 is 1.94 bits per heavy atom. The molecule has 0 bridgehead atoms. The van der Waals surface area contributed by atoms with Crippen molar-refractivity contribution in [2.24, 2.45) is 5.92 Å². The molecule has 0 aromatic heterocycles. The maximum absolute atomic E-state index is 12.1. The second-order valence-electron chi connectivity index (χ2n) is 5.64. The molecule has 3 aliphatic rings. The zero-order chi connectivity index (χ0) is 11.0. The average Bonchev–Trinajstić information content (AvgIpc) is 3.01. The second kappa shape index (κ2) is 4.36. The van der Waals surface area contributed by atoms with Crippen LogP contribution in [0.15, 0.2) is 0 Å². The highest BCUT2D eigenvalue weighted by molar-refractivity contribution is 5.78. The lowest BCUT2D eigenvalue weighted by molar-refractivity contribution is -0.134. The number of hydrogen-bond donors (Lipinski definition) is 1. The van der Waals surface area contributed by atoms with Crippen LogP contribution in [-0.2, 0) is 4.79 Å². The maximum atomic E-state index is 12.1. The van der Waals surface area contributed by atoms with Crippen LogP contribution in [0, 0.1) is 5.92 Å². The van der Waals surface area contributed by atoms with Crippen molar-refractivity contribution in [1.82, 2.24) is 10.2 Å². The SMILES string of the molecule is O=C(CNC1CC1)N1CCCC2CCCC21. The zero-order valence-electron chi connectivity index (χ0n) is 9.95. The number of rotatable bonds is 3. The van der Waals surface area contributed by atoms with Crippen molar-refractivity contribution in [2.75, 3.05) is 13.1 Å². The maximum Gasteiger partial charge on any atom is 0.236 e. The summed E-state index contributed by atoms with van der Waals surface area (Å²) >= 11 is 0. The molecule has 3 fully saturated rings. The summed E-state index contributed by atoms with van der Waals surface area (Å²) in [7, 11) is 0. The lowest BCUT2D eigenvalue weighted by Gasteiger charge is -2.38. The molecule has 3 nitrogen and oxygen atoms in total. The Balaban J connectivity index is 1.56. The lowest BCUT2D eigenvalue weighted by atomic mass is 9.92. The minimum atomic E-state index is 0.350. The predicted molar refractivity (Wildman–Crippen MR) is 63.1 cm³/mol. The fourth-order valence-corrected chi connectivity index (χ4v) is 3.38. The smallest absolute Gasteiger partial charge is 0.236 e. The minimum absolute atomic E-state index is 0.350. The molecule has 0 spiro atoms. The molecular formula is C13H22N2O. The largest absolute Gasteiger partial charge is 0.338 e. The van der Waals surface area contributed by atoms with Crippen LogP contribution in [-0.4, -0.2) is 36.0 Å². The topological polar surface area (TPSA) is 32.3 Å². The van der Waals surface area contributed by atoms with Gasteiger partial charge in [-0.3, -0.25) is 4.79 Å². The lowest BCUT2D eigenvalue weighted by Crippen LogP contribution is -2.49. The Kier molecular flexibility index (Phi) is 2.88. The van der Waals surface area contributed by atoms with Crippen LogP contribution in [0.3, 0.4) is 0 Å². The van der Waals surface area contributed by atoms with Gasteiger partial charge in [-0.05, 0) is 44.4 Å². The van der Waals surface area contributed by atoms with Crippen molar-refractivity contribution in [3.8, 4) is 0 Å². The molecule has 2 atom stereocenters. The van der Waals surface area contributed by atoms with Crippen molar-refractivity contribution in [2.45, 2.75) is 57.0 Å². The fraction of sp³-hybridized carbons (Fsp3) is 0.923. The van der Waals surface area contributed by atoms with E-state index in [1.54, 1.807) is 0 Å². The van der Waals surface area contributed by atoms with E-state index in [2.05, 4.69) is 10.2 Å². The summed E-state index contributed by atoms with van der Waals surface area (Å²) in [6.45, 7) is 1.58. The van der Waals surface area contributed by atoms with Crippen molar-refractivity contribution >= 4 is 5.91 Å². The van der Waals surface area contributed by atoms with E-state index < -0.39 is 0 Å². The molecule has 2 unspecified atom stereocenters. The van der Waals surface area contributed by atoms with Gasteiger partial charge in [0, 0.05) is 18.6 Å². The molecule has 16 heavy (non-hydrogen) atoms. The molecule has 90 valence electrons.